The maximum absolute atomic E-state index is 12.2. The number of amides is 1. The van der Waals surface area contributed by atoms with E-state index in [4.69, 9.17) is 28.9 Å². The Morgan fingerprint density at radius 3 is 2.80 bits per heavy atom. The zero-order chi connectivity index (χ0) is 14.9. The molecule has 0 saturated carbocycles. The first-order chi connectivity index (χ1) is 9.40. The highest BCUT2D eigenvalue weighted by atomic mass is 79.9. The van der Waals surface area contributed by atoms with Gasteiger partial charge in [0.1, 0.15) is 5.82 Å². The number of rotatable bonds is 2. The second-order valence-corrected chi connectivity index (χ2v) is 5.79. The summed E-state index contributed by atoms with van der Waals surface area (Å²) < 4.78 is 0.651. The van der Waals surface area contributed by atoms with Crippen molar-refractivity contribution in [3.05, 3.63) is 50.0 Å². The van der Waals surface area contributed by atoms with Crippen LogP contribution >= 0.6 is 39.1 Å². The van der Waals surface area contributed by atoms with Gasteiger partial charge < -0.3 is 11.1 Å². The molecular formula is C13H10BrCl2N3O. The van der Waals surface area contributed by atoms with Crippen molar-refractivity contribution < 1.29 is 4.79 Å². The zero-order valence-electron chi connectivity index (χ0n) is 10.4. The highest BCUT2D eigenvalue weighted by molar-refractivity contribution is 9.10. The Labute approximate surface area is 134 Å². The van der Waals surface area contributed by atoms with Gasteiger partial charge in [0, 0.05) is 10.7 Å². The van der Waals surface area contributed by atoms with E-state index in [1.165, 1.54) is 6.20 Å². The molecule has 1 aromatic carbocycles. The number of nitrogens with two attached hydrogens (primary N) is 1. The minimum atomic E-state index is -0.425. The predicted molar refractivity (Wildman–Crippen MR) is 85.5 cm³/mol. The van der Waals surface area contributed by atoms with E-state index in [1.54, 1.807) is 18.2 Å². The summed E-state index contributed by atoms with van der Waals surface area (Å²) in [5, 5.41) is 3.41. The molecule has 20 heavy (non-hydrogen) atoms. The molecule has 0 spiro atoms. The van der Waals surface area contributed by atoms with Crippen LogP contribution in [0.1, 0.15) is 15.9 Å². The molecular weight excluding hydrogens is 365 g/mol. The Morgan fingerprint density at radius 2 is 2.10 bits per heavy atom. The Hall–Kier alpha value is -1.30. The summed E-state index contributed by atoms with van der Waals surface area (Å²) in [6, 6.07) is 5.02. The standard InChI is InChI=1S/C13H10BrCl2N3O/c1-6-2-3-9(15)11(10(6)16)19-13(20)8-4-7(14)5-18-12(8)17/h2-5H,1H3,(H2,17,18)(H,19,20). The van der Waals surface area contributed by atoms with E-state index >= 15 is 0 Å². The largest absolute Gasteiger partial charge is 0.383 e. The van der Waals surface area contributed by atoms with E-state index in [-0.39, 0.29) is 11.4 Å². The molecule has 0 aliphatic rings. The summed E-state index contributed by atoms with van der Waals surface area (Å²) in [6.07, 6.45) is 1.51. The molecule has 0 atom stereocenters. The average molecular weight is 375 g/mol. The number of carbonyl (C=O) groups excluding carboxylic acids is 1. The number of nitrogens with zero attached hydrogens (tertiary/aromatic N) is 1. The monoisotopic (exact) mass is 373 g/mol. The quantitative estimate of drug-likeness (QED) is 0.823. The molecule has 7 heteroatoms. The average Bonchev–Trinajstić information content (AvgIpc) is 2.41. The third-order valence-corrected chi connectivity index (χ3v) is 3.89. The van der Waals surface area contributed by atoms with Crippen LogP contribution in [0, 0.1) is 6.92 Å². The van der Waals surface area contributed by atoms with Crippen LogP contribution in [0.25, 0.3) is 0 Å². The second kappa shape index (κ2) is 5.99. The highest BCUT2D eigenvalue weighted by Crippen LogP contribution is 2.33. The van der Waals surface area contributed by atoms with Crippen LogP contribution in [0.3, 0.4) is 0 Å². The number of nitrogen functional groups attached to an aromatic ring is 1. The summed E-state index contributed by atoms with van der Waals surface area (Å²) in [5.41, 5.74) is 7.11. The van der Waals surface area contributed by atoms with E-state index in [1.807, 2.05) is 6.92 Å². The van der Waals surface area contributed by atoms with Crippen molar-refractivity contribution in [2.24, 2.45) is 0 Å². The van der Waals surface area contributed by atoms with E-state index in [2.05, 4.69) is 26.2 Å². The molecule has 2 aromatic rings. The van der Waals surface area contributed by atoms with E-state index < -0.39 is 5.91 Å². The van der Waals surface area contributed by atoms with Gasteiger partial charge in [-0.2, -0.15) is 0 Å². The first-order valence-corrected chi connectivity index (χ1v) is 7.12. The third kappa shape index (κ3) is 3.06. The Morgan fingerprint density at radius 1 is 1.40 bits per heavy atom. The van der Waals surface area contributed by atoms with Gasteiger partial charge in [-0.1, -0.05) is 29.3 Å². The van der Waals surface area contributed by atoms with Crippen molar-refractivity contribution in [2.75, 3.05) is 11.1 Å². The minimum absolute atomic E-state index is 0.130. The fourth-order valence-corrected chi connectivity index (χ4v) is 2.38. The van der Waals surface area contributed by atoms with Gasteiger partial charge in [-0.05, 0) is 40.5 Å². The lowest BCUT2D eigenvalue weighted by Crippen LogP contribution is -2.15. The van der Waals surface area contributed by atoms with Crippen LogP contribution in [0.4, 0.5) is 11.5 Å². The van der Waals surface area contributed by atoms with Crippen molar-refractivity contribution in [2.45, 2.75) is 6.92 Å². The Balaban J connectivity index is 2.38. The van der Waals surface area contributed by atoms with E-state index in [0.717, 1.165) is 5.56 Å². The first kappa shape index (κ1) is 15.1. The number of hydrogen-bond donors (Lipinski definition) is 2. The van der Waals surface area contributed by atoms with Gasteiger partial charge in [0.15, 0.2) is 0 Å². The van der Waals surface area contributed by atoms with Crippen molar-refractivity contribution in [3.8, 4) is 0 Å². The summed E-state index contributed by atoms with van der Waals surface area (Å²) >= 11 is 15.4. The number of halogens is 3. The van der Waals surface area contributed by atoms with E-state index in [9.17, 15) is 4.79 Å². The lowest BCUT2D eigenvalue weighted by molar-refractivity contribution is 0.102. The molecule has 1 amide bonds. The summed E-state index contributed by atoms with van der Waals surface area (Å²) in [4.78, 5) is 16.1. The van der Waals surface area contributed by atoms with Crippen molar-refractivity contribution in [1.29, 1.82) is 0 Å². The van der Waals surface area contributed by atoms with Gasteiger partial charge in [0.25, 0.3) is 5.91 Å². The molecule has 2 rings (SSSR count). The van der Waals surface area contributed by atoms with Gasteiger partial charge in [-0.25, -0.2) is 4.98 Å². The van der Waals surface area contributed by atoms with Crippen molar-refractivity contribution >= 4 is 56.5 Å². The Bertz CT molecular complexity index is 692. The van der Waals surface area contributed by atoms with Crippen molar-refractivity contribution in [1.82, 2.24) is 4.98 Å². The number of anilines is 2. The van der Waals surface area contributed by atoms with Gasteiger partial charge in [-0.15, -0.1) is 0 Å². The van der Waals surface area contributed by atoms with Crippen LogP contribution in [0.5, 0.6) is 0 Å². The molecule has 0 aliphatic carbocycles. The molecule has 0 radical (unpaired) electrons. The molecule has 3 N–H and O–H groups in total. The lowest BCUT2D eigenvalue weighted by Gasteiger charge is -2.12. The van der Waals surface area contributed by atoms with Crippen molar-refractivity contribution in [3.63, 3.8) is 0 Å². The van der Waals surface area contributed by atoms with Crippen LogP contribution in [-0.4, -0.2) is 10.9 Å². The lowest BCUT2D eigenvalue weighted by atomic mass is 10.2. The molecule has 1 aromatic heterocycles. The smallest absolute Gasteiger partial charge is 0.259 e. The third-order valence-electron chi connectivity index (χ3n) is 2.65. The number of hydrogen-bond acceptors (Lipinski definition) is 3. The number of nitrogens with one attached hydrogen (secondary N) is 1. The van der Waals surface area contributed by atoms with Gasteiger partial charge in [-0.3, -0.25) is 4.79 Å². The summed E-state index contributed by atoms with van der Waals surface area (Å²) in [5.74, 6) is -0.295. The van der Waals surface area contributed by atoms with Crippen LogP contribution in [0.15, 0.2) is 28.9 Å². The SMILES string of the molecule is Cc1ccc(Cl)c(NC(=O)c2cc(Br)cnc2N)c1Cl. The van der Waals surface area contributed by atoms with Gasteiger partial charge in [0.2, 0.25) is 0 Å². The predicted octanol–water partition coefficient (Wildman–Crippen LogP) is 4.29. The number of pyridine rings is 1. The van der Waals surface area contributed by atoms with Crippen LogP contribution in [-0.2, 0) is 0 Å². The van der Waals surface area contributed by atoms with Crippen LogP contribution < -0.4 is 11.1 Å². The fourth-order valence-electron chi connectivity index (χ4n) is 1.58. The molecule has 0 saturated heterocycles. The number of carbonyl (C=O) groups is 1. The minimum Gasteiger partial charge on any atom is -0.383 e. The molecule has 104 valence electrons. The van der Waals surface area contributed by atoms with Gasteiger partial charge in [0.05, 0.1) is 21.3 Å². The molecule has 0 aliphatic heterocycles. The first-order valence-electron chi connectivity index (χ1n) is 5.57. The zero-order valence-corrected chi connectivity index (χ0v) is 13.5. The molecule has 4 nitrogen and oxygen atoms in total. The fraction of sp³-hybridized carbons (Fsp3) is 0.0769. The van der Waals surface area contributed by atoms with Crippen LogP contribution in [0.2, 0.25) is 10.0 Å². The summed E-state index contributed by atoms with van der Waals surface area (Å²) in [6.45, 7) is 1.82. The topological polar surface area (TPSA) is 68.0 Å². The Kier molecular flexibility index (Phi) is 4.52. The number of aromatic nitrogens is 1. The molecule has 0 fully saturated rings. The summed E-state index contributed by atoms with van der Waals surface area (Å²) in [7, 11) is 0. The number of benzene rings is 1. The number of aryl methyl sites for hydroxylation is 1. The highest BCUT2D eigenvalue weighted by Gasteiger charge is 2.16. The molecule has 0 bridgehead atoms. The van der Waals surface area contributed by atoms with E-state index in [0.29, 0.717) is 20.2 Å². The normalized spacial score (nSPS) is 10.4. The molecule has 1 heterocycles. The molecule has 0 unspecified atom stereocenters. The van der Waals surface area contributed by atoms with Gasteiger partial charge >= 0.3 is 0 Å². The maximum atomic E-state index is 12.2. The second-order valence-electron chi connectivity index (χ2n) is 4.09. The maximum Gasteiger partial charge on any atom is 0.259 e.